The topological polar surface area (TPSA) is 0 Å². The second kappa shape index (κ2) is 11.2. The molecule has 0 N–H and O–H groups in total. The van der Waals surface area contributed by atoms with Gasteiger partial charge in [0.1, 0.15) is 0 Å². The summed E-state index contributed by atoms with van der Waals surface area (Å²) in [6, 6.07) is 0. The van der Waals surface area contributed by atoms with Gasteiger partial charge >= 0.3 is 13.2 Å². The zero-order valence-corrected chi connectivity index (χ0v) is 8.73. The smallest absolute Gasteiger partial charge is 0.261 e. The molecule has 0 unspecified atom stereocenters. The average molecular weight is 193 g/mol. The molecule has 0 aliphatic carbocycles. The molecule has 0 nitrogen and oxygen atoms in total. The van der Waals surface area contributed by atoms with E-state index in [9.17, 15) is 0 Å². The van der Waals surface area contributed by atoms with Crippen LogP contribution in [0.4, 0.5) is 0 Å². The molecule has 0 aromatic rings. The lowest BCUT2D eigenvalue weighted by Gasteiger charge is -1.86. The summed E-state index contributed by atoms with van der Waals surface area (Å²) in [6.45, 7) is 4.32. The van der Waals surface area contributed by atoms with Gasteiger partial charge in [-0.2, -0.15) is 0 Å². The molecule has 0 heterocycles. The molecule has 0 saturated carbocycles. The van der Waals surface area contributed by atoms with Gasteiger partial charge in [-0.1, -0.05) is 24.4 Å². The molecule has 0 saturated heterocycles. The average Bonchev–Trinajstić information content (AvgIpc) is 1.65. The fourth-order valence-electron chi connectivity index (χ4n) is 0.289. The van der Waals surface area contributed by atoms with Crippen molar-refractivity contribution < 1.29 is 0 Å². The number of halogens is 3. The van der Waals surface area contributed by atoms with Gasteiger partial charge < -0.3 is 0 Å². The summed E-state index contributed by atoms with van der Waals surface area (Å²) in [5.74, 6) is 0. The Labute approximate surface area is 72.4 Å². The Morgan fingerprint density at radius 1 is 1.12 bits per heavy atom. The minimum Gasteiger partial charge on any atom is -0.261 e. The first-order valence-corrected chi connectivity index (χ1v) is 5.83. The SMILES string of the molecule is C[CH2][Al]([Cl])[CH2]C.Cl.Cl. The molecule has 0 aliphatic rings. The van der Waals surface area contributed by atoms with E-state index in [4.69, 9.17) is 10.0 Å². The van der Waals surface area contributed by atoms with E-state index in [1.54, 1.807) is 0 Å². The molecule has 0 fully saturated rings. The first-order chi connectivity index (χ1) is 2.81. The van der Waals surface area contributed by atoms with Gasteiger partial charge in [-0.3, -0.25) is 10.0 Å². The lowest BCUT2D eigenvalue weighted by Crippen LogP contribution is -1.95. The van der Waals surface area contributed by atoms with E-state index in [0.29, 0.717) is 0 Å². The van der Waals surface area contributed by atoms with E-state index in [1.165, 1.54) is 10.6 Å². The normalized spacial score (nSPS) is 6.38. The minimum atomic E-state index is -0.688. The third-order valence-electron chi connectivity index (χ3n) is 0.886. The Kier molecular flexibility index (Phi) is 22.7. The van der Waals surface area contributed by atoms with Crippen molar-refractivity contribution in [2.24, 2.45) is 0 Å². The Morgan fingerprint density at radius 3 is 1.38 bits per heavy atom. The number of rotatable bonds is 2. The Morgan fingerprint density at radius 2 is 1.38 bits per heavy atom. The summed E-state index contributed by atoms with van der Waals surface area (Å²) in [5.41, 5.74) is 0. The highest BCUT2D eigenvalue weighted by Gasteiger charge is 2.04. The van der Waals surface area contributed by atoms with Crippen LogP contribution in [0.5, 0.6) is 0 Å². The largest absolute Gasteiger partial charge is 0.399 e. The minimum absolute atomic E-state index is 0. The van der Waals surface area contributed by atoms with Gasteiger partial charge in [0, 0.05) is 0 Å². The predicted molar refractivity (Wildman–Crippen MR) is 47.1 cm³/mol. The molecule has 0 aromatic carbocycles. The van der Waals surface area contributed by atoms with E-state index in [2.05, 4.69) is 13.8 Å². The van der Waals surface area contributed by atoms with Crippen LogP contribution in [0.1, 0.15) is 13.8 Å². The highest BCUT2D eigenvalue weighted by molar-refractivity contribution is 7.06. The summed E-state index contributed by atoms with van der Waals surface area (Å²) in [6.07, 6.45) is 0. The maximum atomic E-state index is 5.79. The summed E-state index contributed by atoms with van der Waals surface area (Å²) in [4.78, 5) is 0. The van der Waals surface area contributed by atoms with Crippen LogP contribution in [0.25, 0.3) is 0 Å². The molecular formula is C4H12AlCl3. The third kappa shape index (κ3) is 10.4. The lowest BCUT2D eigenvalue weighted by molar-refractivity contribution is 1.35. The van der Waals surface area contributed by atoms with Gasteiger partial charge in [-0.15, -0.1) is 24.8 Å². The van der Waals surface area contributed by atoms with Gasteiger partial charge in [0.25, 0.3) is 0 Å². The number of hydrogen-bond acceptors (Lipinski definition) is 0. The van der Waals surface area contributed by atoms with Gasteiger partial charge in [0.05, 0.1) is 0 Å². The fraction of sp³-hybridized carbons (Fsp3) is 1.00. The van der Waals surface area contributed by atoms with E-state index >= 15 is 0 Å². The first-order valence-electron chi connectivity index (χ1n) is 2.45. The summed E-state index contributed by atoms with van der Waals surface area (Å²) in [7, 11) is 5.79. The van der Waals surface area contributed by atoms with E-state index < -0.39 is 13.2 Å². The predicted octanol–water partition coefficient (Wildman–Crippen LogP) is 3.10. The van der Waals surface area contributed by atoms with Crippen molar-refractivity contribution in [1.29, 1.82) is 0 Å². The van der Waals surface area contributed by atoms with Gasteiger partial charge in [0.2, 0.25) is 0 Å². The van der Waals surface area contributed by atoms with Gasteiger partial charge in [-0.05, 0) is 0 Å². The monoisotopic (exact) mass is 192 g/mol. The summed E-state index contributed by atoms with van der Waals surface area (Å²) >= 11 is -0.688. The highest BCUT2D eigenvalue weighted by Crippen LogP contribution is 2.00. The Bertz CT molecular complexity index is 30.5. The van der Waals surface area contributed by atoms with Crippen LogP contribution < -0.4 is 0 Å². The summed E-state index contributed by atoms with van der Waals surface area (Å²) in [5, 5.41) is 2.47. The van der Waals surface area contributed by atoms with Crippen LogP contribution in [0.2, 0.25) is 10.6 Å². The molecule has 0 bridgehead atoms. The Balaban J connectivity index is -0.000000125. The quantitative estimate of drug-likeness (QED) is 0.591. The molecule has 0 rings (SSSR count). The standard InChI is InChI=1S/2C2H5.Al.3ClH/c2*1-2;;;;/h2*1H2,2H3;;3*1H/q;;+1;;;/p-1. The van der Waals surface area contributed by atoms with Crippen molar-refractivity contribution in [1.82, 2.24) is 0 Å². The van der Waals surface area contributed by atoms with E-state index in [0.717, 1.165) is 0 Å². The third-order valence-corrected chi connectivity index (χ3v) is 4.51. The first kappa shape index (κ1) is 16.2. The van der Waals surface area contributed by atoms with Crippen molar-refractivity contribution in [2.45, 2.75) is 24.4 Å². The van der Waals surface area contributed by atoms with Gasteiger partial charge in [-0.25, -0.2) is 0 Å². The van der Waals surface area contributed by atoms with Crippen molar-refractivity contribution in [2.75, 3.05) is 0 Å². The molecule has 0 aromatic heterocycles. The molecule has 0 radical (unpaired) electrons. The van der Waals surface area contributed by atoms with E-state index in [1.807, 2.05) is 0 Å². The van der Waals surface area contributed by atoms with Crippen LogP contribution in [-0.4, -0.2) is 13.2 Å². The second-order valence-corrected chi connectivity index (χ2v) is 6.09. The molecular weight excluding hydrogens is 181 g/mol. The molecule has 0 atom stereocenters. The highest BCUT2D eigenvalue weighted by atomic mass is 35.6. The van der Waals surface area contributed by atoms with Gasteiger partial charge in [0.15, 0.2) is 0 Å². The zero-order chi connectivity index (χ0) is 4.99. The van der Waals surface area contributed by atoms with Crippen LogP contribution in [-0.2, 0) is 0 Å². The maximum absolute atomic E-state index is 5.79. The fourth-order valence-corrected chi connectivity index (χ4v) is 0.866. The molecule has 52 valence electrons. The van der Waals surface area contributed by atoms with Crippen molar-refractivity contribution in [3.63, 3.8) is 0 Å². The van der Waals surface area contributed by atoms with Crippen molar-refractivity contribution in [3.05, 3.63) is 0 Å². The van der Waals surface area contributed by atoms with E-state index in [-0.39, 0.29) is 24.8 Å². The van der Waals surface area contributed by atoms with Crippen LogP contribution in [0.3, 0.4) is 0 Å². The number of hydrogen-bond donors (Lipinski definition) is 0. The molecule has 0 spiro atoms. The second-order valence-electron chi connectivity index (χ2n) is 1.41. The van der Waals surface area contributed by atoms with Crippen molar-refractivity contribution >= 4 is 48.1 Å². The van der Waals surface area contributed by atoms with Crippen LogP contribution in [0.15, 0.2) is 0 Å². The molecule has 0 amide bonds. The van der Waals surface area contributed by atoms with Crippen molar-refractivity contribution in [3.8, 4) is 0 Å². The lowest BCUT2D eigenvalue weighted by atomic mass is 10.9. The Hall–Kier alpha value is 1.40. The maximum Gasteiger partial charge on any atom is 0.399 e. The molecule has 0 aliphatic heterocycles. The zero-order valence-electron chi connectivity index (χ0n) is 5.19. The summed E-state index contributed by atoms with van der Waals surface area (Å²) < 4.78 is 0. The van der Waals surface area contributed by atoms with Crippen LogP contribution in [0, 0.1) is 0 Å². The van der Waals surface area contributed by atoms with Crippen LogP contribution >= 0.6 is 34.9 Å². The molecule has 8 heavy (non-hydrogen) atoms. The molecule has 4 heteroatoms.